The van der Waals surface area contributed by atoms with Crippen molar-refractivity contribution in [1.82, 2.24) is 10.3 Å². The van der Waals surface area contributed by atoms with E-state index in [9.17, 15) is 4.79 Å². The van der Waals surface area contributed by atoms with Crippen molar-refractivity contribution in [2.75, 3.05) is 5.43 Å². The number of pyridine rings is 1. The molecule has 5 nitrogen and oxygen atoms in total. The van der Waals surface area contributed by atoms with Crippen LogP contribution in [-0.4, -0.2) is 16.9 Å². The zero-order valence-corrected chi connectivity index (χ0v) is 11.7. The zero-order chi connectivity index (χ0) is 13.9. The van der Waals surface area contributed by atoms with E-state index in [4.69, 9.17) is 5.84 Å². The number of carbonyl (C=O) groups is 1. The third kappa shape index (κ3) is 3.43. The Balaban J connectivity index is 2.91. The van der Waals surface area contributed by atoms with E-state index < -0.39 is 0 Å². The van der Waals surface area contributed by atoms with E-state index in [-0.39, 0.29) is 17.4 Å². The summed E-state index contributed by atoms with van der Waals surface area (Å²) in [6, 6.07) is 1.80. The van der Waals surface area contributed by atoms with Crippen molar-refractivity contribution in [2.24, 2.45) is 11.3 Å². The highest BCUT2D eigenvalue weighted by atomic mass is 16.1. The van der Waals surface area contributed by atoms with Crippen LogP contribution in [0.3, 0.4) is 0 Å². The van der Waals surface area contributed by atoms with Gasteiger partial charge < -0.3 is 10.7 Å². The molecule has 0 fully saturated rings. The SMILES string of the molecule is Cc1cc(NN)c(C(=O)NC(C)C(C)(C)C)cn1. The molecule has 0 radical (unpaired) electrons. The summed E-state index contributed by atoms with van der Waals surface area (Å²) in [5.74, 6) is 5.25. The standard InChI is InChI=1S/C13H22N4O/c1-8-6-11(17-14)10(7-15-8)12(18)16-9(2)13(3,4)5/h6-7,9H,14H2,1-5H3,(H,15,17)(H,16,18). The van der Waals surface area contributed by atoms with Crippen molar-refractivity contribution in [3.8, 4) is 0 Å². The molecule has 5 heteroatoms. The molecule has 1 aromatic rings. The second kappa shape index (κ2) is 5.35. The van der Waals surface area contributed by atoms with E-state index in [1.165, 1.54) is 6.20 Å². The van der Waals surface area contributed by atoms with Gasteiger partial charge in [-0.25, -0.2) is 0 Å². The Kier molecular flexibility index (Phi) is 4.29. The monoisotopic (exact) mass is 250 g/mol. The highest BCUT2D eigenvalue weighted by Crippen LogP contribution is 2.20. The summed E-state index contributed by atoms with van der Waals surface area (Å²) in [6.45, 7) is 10.1. The molecule has 4 N–H and O–H groups in total. The fourth-order valence-corrected chi connectivity index (χ4v) is 1.35. The Bertz CT molecular complexity index is 437. The topological polar surface area (TPSA) is 80.0 Å². The molecule has 0 bridgehead atoms. The van der Waals surface area contributed by atoms with Gasteiger partial charge in [-0.3, -0.25) is 15.6 Å². The third-order valence-electron chi connectivity index (χ3n) is 3.09. The van der Waals surface area contributed by atoms with Gasteiger partial charge in [-0.15, -0.1) is 0 Å². The highest BCUT2D eigenvalue weighted by molar-refractivity contribution is 5.99. The number of carbonyl (C=O) groups excluding carboxylic acids is 1. The minimum absolute atomic E-state index is 0.00406. The molecule has 1 rings (SSSR count). The van der Waals surface area contributed by atoms with Crippen molar-refractivity contribution in [1.29, 1.82) is 0 Å². The molecule has 0 aromatic carbocycles. The lowest BCUT2D eigenvalue weighted by atomic mass is 9.88. The fraction of sp³-hybridized carbons (Fsp3) is 0.538. The number of anilines is 1. The lowest BCUT2D eigenvalue weighted by Crippen LogP contribution is -2.41. The van der Waals surface area contributed by atoms with Crippen LogP contribution in [-0.2, 0) is 0 Å². The van der Waals surface area contributed by atoms with E-state index in [1.54, 1.807) is 6.07 Å². The molecule has 1 aromatic heterocycles. The van der Waals surface area contributed by atoms with Crippen LogP contribution in [0.2, 0.25) is 0 Å². The van der Waals surface area contributed by atoms with Crippen LogP contribution in [0.1, 0.15) is 43.7 Å². The molecule has 0 aliphatic carbocycles. The Morgan fingerprint density at radius 2 is 2.06 bits per heavy atom. The maximum absolute atomic E-state index is 12.1. The number of nitrogens with one attached hydrogen (secondary N) is 2. The number of aromatic nitrogens is 1. The maximum atomic E-state index is 12.1. The maximum Gasteiger partial charge on any atom is 0.255 e. The van der Waals surface area contributed by atoms with E-state index in [0.29, 0.717) is 11.3 Å². The highest BCUT2D eigenvalue weighted by Gasteiger charge is 2.23. The molecular weight excluding hydrogens is 228 g/mol. The number of rotatable bonds is 3. The largest absolute Gasteiger partial charge is 0.349 e. The summed E-state index contributed by atoms with van der Waals surface area (Å²) in [7, 11) is 0. The van der Waals surface area contributed by atoms with Gasteiger partial charge in [0.2, 0.25) is 0 Å². The quantitative estimate of drug-likeness (QED) is 0.565. The van der Waals surface area contributed by atoms with Crippen LogP contribution >= 0.6 is 0 Å². The molecule has 0 saturated heterocycles. The van der Waals surface area contributed by atoms with E-state index in [0.717, 1.165) is 5.69 Å². The van der Waals surface area contributed by atoms with Gasteiger partial charge in [-0.2, -0.15) is 0 Å². The van der Waals surface area contributed by atoms with Crippen molar-refractivity contribution in [2.45, 2.75) is 40.7 Å². The van der Waals surface area contributed by atoms with Gasteiger partial charge >= 0.3 is 0 Å². The molecule has 0 aliphatic heterocycles. The summed E-state index contributed by atoms with van der Waals surface area (Å²) in [6.07, 6.45) is 1.54. The molecule has 1 heterocycles. The third-order valence-corrected chi connectivity index (χ3v) is 3.09. The fourth-order valence-electron chi connectivity index (χ4n) is 1.35. The molecule has 1 unspecified atom stereocenters. The smallest absolute Gasteiger partial charge is 0.255 e. The van der Waals surface area contributed by atoms with Gasteiger partial charge in [0.25, 0.3) is 5.91 Å². The number of nitrogens with zero attached hydrogens (tertiary/aromatic N) is 1. The normalized spacial score (nSPS) is 13.0. The molecule has 1 atom stereocenters. The first kappa shape index (κ1) is 14.4. The molecule has 0 saturated carbocycles. The second-order valence-electron chi connectivity index (χ2n) is 5.58. The summed E-state index contributed by atoms with van der Waals surface area (Å²) < 4.78 is 0. The number of nitrogen functional groups attached to an aromatic ring is 1. The zero-order valence-electron chi connectivity index (χ0n) is 11.7. The first-order valence-electron chi connectivity index (χ1n) is 6.00. The van der Waals surface area contributed by atoms with Crippen LogP contribution in [0.25, 0.3) is 0 Å². The predicted molar refractivity (Wildman–Crippen MR) is 73.2 cm³/mol. The predicted octanol–water partition coefficient (Wildman–Crippen LogP) is 1.84. The number of amides is 1. The molecular formula is C13H22N4O. The van der Waals surface area contributed by atoms with Gasteiger partial charge in [0, 0.05) is 17.9 Å². The Labute approximate surface area is 108 Å². The lowest BCUT2D eigenvalue weighted by Gasteiger charge is -2.28. The van der Waals surface area contributed by atoms with E-state index >= 15 is 0 Å². The van der Waals surface area contributed by atoms with E-state index in [1.807, 2.05) is 13.8 Å². The molecule has 18 heavy (non-hydrogen) atoms. The van der Waals surface area contributed by atoms with Gasteiger partial charge in [0.05, 0.1) is 11.3 Å². The van der Waals surface area contributed by atoms with Crippen LogP contribution in [0.15, 0.2) is 12.3 Å². The minimum Gasteiger partial charge on any atom is -0.349 e. The van der Waals surface area contributed by atoms with Crippen LogP contribution < -0.4 is 16.6 Å². The van der Waals surface area contributed by atoms with Crippen molar-refractivity contribution in [3.63, 3.8) is 0 Å². The summed E-state index contributed by atoms with van der Waals surface area (Å²) in [5.41, 5.74) is 4.38. The van der Waals surface area contributed by atoms with Crippen LogP contribution in [0, 0.1) is 12.3 Å². The van der Waals surface area contributed by atoms with Crippen molar-refractivity contribution in [3.05, 3.63) is 23.5 Å². The Morgan fingerprint density at radius 3 is 2.56 bits per heavy atom. The molecule has 100 valence electrons. The minimum atomic E-state index is -0.169. The Morgan fingerprint density at radius 1 is 1.44 bits per heavy atom. The number of aryl methyl sites for hydroxylation is 1. The average molecular weight is 250 g/mol. The van der Waals surface area contributed by atoms with E-state index in [2.05, 4.69) is 36.5 Å². The second-order valence-corrected chi connectivity index (χ2v) is 5.58. The number of hydrazine groups is 1. The summed E-state index contributed by atoms with van der Waals surface area (Å²) >= 11 is 0. The summed E-state index contributed by atoms with van der Waals surface area (Å²) in [5, 5.41) is 2.96. The Hall–Kier alpha value is -1.62. The van der Waals surface area contributed by atoms with Crippen molar-refractivity contribution < 1.29 is 4.79 Å². The first-order chi connectivity index (χ1) is 8.25. The van der Waals surface area contributed by atoms with Gasteiger partial charge in [0.15, 0.2) is 0 Å². The van der Waals surface area contributed by atoms with Gasteiger partial charge in [-0.05, 0) is 25.3 Å². The average Bonchev–Trinajstić information content (AvgIpc) is 2.27. The lowest BCUT2D eigenvalue weighted by molar-refractivity contribution is 0.0910. The summed E-state index contributed by atoms with van der Waals surface area (Å²) in [4.78, 5) is 16.3. The van der Waals surface area contributed by atoms with Crippen LogP contribution in [0.5, 0.6) is 0 Å². The number of hydrogen-bond donors (Lipinski definition) is 3. The number of hydrogen-bond acceptors (Lipinski definition) is 4. The van der Waals surface area contributed by atoms with Crippen molar-refractivity contribution >= 4 is 11.6 Å². The number of nitrogens with two attached hydrogens (primary N) is 1. The molecule has 0 spiro atoms. The molecule has 0 aliphatic rings. The van der Waals surface area contributed by atoms with Gasteiger partial charge in [-0.1, -0.05) is 20.8 Å². The first-order valence-corrected chi connectivity index (χ1v) is 6.00. The van der Waals surface area contributed by atoms with Crippen LogP contribution in [0.4, 0.5) is 5.69 Å². The van der Waals surface area contributed by atoms with Gasteiger partial charge in [0.1, 0.15) is 0 Å². The molecule has 1 amide bonds.